The molecule has 9 nitrogen and oxygen atoms in total. The van der Waals surface area contributed by atoms with Gasteiger partial charge in [-0.1, -0.05) is 0 Å². The van der Waals surface area contributed by atoms with E-state index in [1.54, 1.807) is 12.1 Å². The first-order valence-corrected chi connectivity index (χ1v) is 11.1. The van der Waals surface area contributed by atoms with Gasteiger partial charge in [0, 0.05) is 0 Å². The zero-order valence-electron chi connectivity index (χ0n) is 20.3. The molecule has 3 aromatic carbocycles. The molecule has 0 spiro atoms. The van der Waals surface area contributed by atoms with Gasteiger partial charge in [0.1, 0.15) is 75.8 Å². The highest BCUT2D eigenvalue weighted by Gasteiger charge is 2.28. The summed E-state index contributed by atoms with van der Waals surface area (Å²) in [6.07, 6.45) is 0. The van der Waals surface area contributed by atoms with Crippen molar-refractivity contribution in [2.24, 2.45) is 0 Å². The van der Waals surface area contributed by atoms with Crippen LogP contribution in [-0.2, 0) is 0 Å². The number of hydrogen-bond acceptors (Lipinski definition) is 9. The molecule has 41 heavy (non-hydrogen) atoms. The minimum absolute atomic E-state index is 0.0395. The molecule has 2 heterocycles. The molecule has 194 valence electrons. The number of oxazole rings is 2. The van der Waals surface area contributed by atoms with Gasteiger partial charge in [-0.3, -0.25) is 0 Å². The predicted molar refractivity (Wildman–Crippen MR) is 130 cm³/mol. The summed E-state index contributed by atoms with van der Waals surface area (Å²) in [5.74, 6) is -4.97. The Kier molecular flexibility index (Phi) is 6.16. The minimum atomic E-state index is -1.24. The van der Waals surface area contributed by atoms with Gasteiger partial charge in [-0.05, 0) is 42.3 Å². The van der Waals surface area contributed by atoms with E-state index in [4.69, 9.17) is 19.4 Å². The number of fused-ring (bicyclic) bond motifs is 2. The van der Waals surface area contributed by atoms with Gasteiger partial charge in [0.05, 0.1) is 16.7 Å². The lowest BCUT2D eigenvalue weighted by molar-refractivity contribution is 0.558. The first-order valence-electron chi connectivity index (χ1n) is 11.1. The average molecular weight is 549 g/mol. The van der Waals surface area contributed by atoms with Gasteiger partial charge in [-0.2, -0.15) is 26.3 Å². The smallest absolute Gasteiger partial charge is 0.249 e. The summed E-state index contributed by atoms with van der Waals surface area (Å²) in [6, 6.07) is 11.0. The van der Waals surface area contributed by atoms with E-state index >= 15 is 0 Å². The molecule has 0 aliphatic rings. The topological polar surface area (TPSA) is 171 Å². The highest BCUT2D eigenvalue weighted by Crippen LogP contribution is 2.42. The first kappa shape index (κ1) is 26.1. The molecule has 0 fully saturated rings. The Morgan fingerprint density at radius 3 is 1.39 bits per heavy atom. The third kappa shape index (κ3) is 3.97. The lowest BCUT2D eigenvalue weighted by Gasteiger charge is -2.10. The molecule has 2 aromatic heterocycles. The molecule has 5 aromatic rings. The molecule has 0 aliphatic carbocycles. The van der Waals surface area contributed by atoms with Crippen molar-refractivity contribution in [1.82, 2.24) is 9.97 Å². The predicted octanol–water partition coefficient (Wildman–Crippen LogP) is 4.49. The quantitative estimate of drug-likeness (QED) is 0.288. The van der Waals surface area contributed by atoms with E-state index in [2.05, 4.69) is 9.97 Å². The second kappa shape index (κ2) is 9.67. The Labute approximate surface area is 225 Å². The number of benzene rings is 3. The monoisotopic (exact) mass is 549 g/mol. The summed E-state index contributed by atoms with van der Waals surface area (Å²) in [5, 5.41) is 46.4. The van der Waals surface area contributed by atoms with Crippen LogP contribution in [0.15, 0.2) is 33.1 Å². The van der Waals surface area contributed by atoms with Gasteiger partial charge in [-0.25, -0.2) is 27.5 Å². The fourth-order valence-electron chi connectivity index (χ4n) is 4.15. The molecule has 0 aliphatic heterocycles. The number of aromatic nitrogens is 2. The van der Waals surface area contributed by atoms with Crippen molar-refractivity contribution in [2.75, 3.05) is 0 Å². The standard InChI is InChI=1S/C28H7F4N7O2/c1-11(6-33)27-38-23-21(12-2-17(29)15(9-36)18(30)3-12)26-24(39-28(41-26)14(7-34)8-35)22(25(23)40-27)13-4-19(31)16(10-37)20(32)5-13/h2-5H,1H3/b27-11-. The van der Waals surface area contributed by atoms with Crippen LogP contribution < -0.4 is 11.1 Å². The van der Waals surface area contributed by atoms with Gasteiger partial charge in [0.25, 0.3) is 0 Å². The summed E-state index contributed by atoms with van der Waals surface area (Å²) < 4.78 is 70.4. The maximum absolute atomic E-state index is 14.7. The Balaban J connectivity index is 2.11. The highest BCUT2D eigenvalue weighted by molar-refractivity contribution is 6.15. The van der Waals surface area contributed by atoms with Crippen molar-refractivity contribution in [3.05, 3.63) is 69.8 Å². The van der Waals surface area contributed by atoms with Crippen LogP contribution in [0.5, 0.6) is 0 Å². The number of halogens is 4. The average Bonchev–Trinajstić information content (AvgIpc) is 3.56. The maximum Gasteiger partial charge on any atom is 0.249 e. The second-order valence-electron chi connectivity index (χ2n) is 8.33. The molecule has 5 rings (SSSR count). The van der Waals surface area contributed by atoms with Crippen LogP contribution in [0.4, 0.5) is 17.6 Å². The van der Waals surface area contributed by atoms with Crippen LogP contribution in [-0.4, -0.2) is 9.97 Å². The molecule has 13 heteroatoms. The molecule has 0 bridgehead atoms. The maximum atomic E-state index is 14.7. The fourth-order valence-corrected chi connectivity index (χ4v) is 4.15. The van der Waals surface area contributed by atoms with E-state index < -0.39 is 45.5 Å². The number of rotatable bonds is 2. The van der Waals surface area contributed by atoms with Crippen LogP contribution in [0.3, 0.4) is 0 Å². The summed E-state index contributed by atoms with van der Waals surface area (Å²) >= 11 is 0. The van der Waals surface area contributed by atoms with E-state index in [9.17, 15) is 33.3 Å². The van der Waals surface area contributed by atoms with E-state index in [-0.39, 0.29) is 55.6 Å². The molecular formula is C28H7F4N7O2. The van der Waals surface area contributed by atoms with E-state index in [1.807, 2.05) is 6.07 Å². The third-order valence-electron chi connectivity index (χ3n) is 5.99. The summed E-state index contributed by atoms with van der Waals surface area (Å²) in [5.41, 5.74) is -5.12. The molecule has 0 atom stereocenters. The molecular weight excluding hydrogens is 542 g/mol. The summed E-state index contributed by atoms with van der Waals surface area (Å²) in [7, 11) is 0. The Bertz CT molecular complexity index is 2140. The zero-order chi connectivity index (χ0) is 29.6. The normalized spacial score (nSPS) is 11.3. The van der Waals surface area contributed by atoms with E-state index in [1.165, 1.54) is 19.1 Å². The summed E-state index contributed by atoms with van der Waals surface area (Å²) in [6.45, 7) is 1.35. The van der Waals surface area contributed by atoms with Crippen LogP contribution in [0.1, 0.15) is 18.1 Å². The van der Waals surface area contributed by atoms with Crippen molar-refractivity contribution >= 4 is 33.3 Å². The van der Waals surface area contributed by atoms with Crippen LogP contribution in [0.25, 0.3) is 55.6 Å². The van der Waals surface area contributed by atoms with Gasteiger partial charge in [-0.15, -0.1) is 0 Å². The lowest BCUT2D eigenvalue weighted by Crippen LogP contribution is -2.04. The molecule has 0 saturated carbocycles. The van der Waals surface area contributed by atoms with Crippen LogP contribution in [0.2, 0.25) is 0 Å². The van der Waals surface area contributed by atoms with Gasteiger partial charge >= 0.3 is 0 Å². The van der Waals surface area contributed by atoms with Crippen molar-refractivity contribution in [2.45, 2.75) is 6.92 Å². The van der Waals surface area contributed by atoms with Crippen molar-refractivity contribution < 1.29 is 26.4 Å². The van der Waals surface area contributed by atoms with Crippen molar-refractivity contribution in [1.29, 1.82) is 26.3 Å². The Morgan fingerprint density at radius 1 is 0.634 bits per heavy atom. The zero-order valence-corrected chi connectivity index (χ0v) is 20.3. The summed E-state index contributed by atoms with van der Waals surface area (Å²) in [4.78, 5) is 8.43. The van der Waals surface area contributed by atoms with Gasteiger partial charge in [0.2, 0.25) is 11.1 Å². The second-order valence-corrected chi connectivity index (χ2v) is 8.33. The lowest BCUT2D eigenvalue weighted by atomic mass is 9.95. The fraction of sp³-hybridized carbons (Fsp3) is 0.0357. The molecule has 0 saturated heterocycles. The van der Waals surface area contributed by atoms with Crippen molar-refractivity contribution in [3.8, 4) is 52.6 Å². The van der Waals surface area contributed by atoms with Gasteiger partial charge < -0.3 is 8.83 Å². The Morgan fingerprint density at radius 2 is 1.02 bits per heavy atom. The number of nitrogens with zero attached hydrogens (tertiary/aromatic N) is 7. The molecule has 0 radical (unpaired) electrons. The molecule has 0 unspecified atom stereocenters. The van der Waals surface area contributed by atoms with Crippen molar-refractivity contribution in [3.63, 3.8) is 0 Å². The third-order valence-corrected chi connectivity index (χ3v) is 5.99. The largest absolute Gasteiger partial charge is 0.435 e. The highest BCUT2D eigenvalue weighted by atomic mass is 19.1. The number of nitriles is 5. The van der Waals surface area contributed by atoms with Gasteiger partial charge in [0.15, 0.2) is 16.7 Å². The molecule has 0 amide bonds. The minimum Gasteiger partial charge on any atom is -0.435 e. The van der Waals surface area contributed by atoms with E-state index in [0.717, 1.165) is 24.3 Å². The van der Waals surface area contributed by atoms with Crippen LogP contribution >= 0.6 is 0 Å². The SMILES string of the molecule is C/C(C#N)=c1\nc2c(-c3cc(F)c(C#N)c(F)c3)c3oc(=C(C#N)C#N)nc3c(-c3cc(F)c(C#N)c(F)c3)c2o1. The van der Waals surface area contributed by atoms with E-state index in [0.29, 0.717) is 0 Å². The number of hydrogen-bond donors (Lipinski definition) is 0. The first-order chi connectivity index (χ1) is 19.7. The molecule has 0 N–H and O–H groups in total. The van der Waals surface area contributed by atoms with Crippen LogP contribution in [0, 0.1) is 79.9 Å². The Hall–Kier alpha value is -6.49.